The van der Waals surface area contributed by atoms with Gasteiger partial charge in [-0.2, -0.15) is 13.2 Å². The number of rotatable bonds is 5. The molecule has 1 aliphatic heterocycles. The maximum atomic E-state index is 12.9. The predicted octanol–water partition coefficient (Wildman–Crippen LogP) is 4.37. The summed E-state index contributed by atoms with van der Waals surface area (Å²) in [6.07, 6.45) is -4.54. The number of hydrogen-bond acceptors (Lipinski definition) is 5. The van der Waals surface area contributed by atoms with Crippen LogP contribution in [0.3, 0.4) is 0 Å². The van der Waals surface area contributed by atoms with E-state index >= 15 is 0 Å². The lowest BCUT2D eigenvalue weighted by Crippen LogP contribution is -2.48. The van der Waals surface area contributed by atoms with Gasteiger partial charge in [0.2, 0.25) is 0 Å². The number of amides is 2. The molecule has 3 aromatic rings. The summed E-state index contributed by atoms with van der Waals surface area (Å²) in [5, 5.41) is 4.17. The summed E-state index contributed by atoms with van der Waals surface area (Å²) in [4.78, 5) is 33.3. The summed E-state index contributed by atoms with van der Waals surface area (Å²) >= 11 is 1.05. The molecule has 1 N–H and O–H groups in total. The number of piperazine rings is 1. The largest absolute Gasteiger partial charge is 0.416 e. The van der Waals surface area contributed by atoms with E-state index in [4.69, 9.17) is 0 Å². The van der Waals surface area contributed by atoms with E-state index in [1.807, 2.05) is 18.2 Å². The van der Waals surface area contributed by atoms with Gasteiger partial charge in [0.1, 0.15) is 5.69 Å². The van der Waals surface area contributed by atoms with Gasteiger partial charge in [-0.15, -0.1) is 11.3 Å². The number of alkyl halides is 3. The summed E-state index contributed by atoms with van der Waals surface area (Å²) in [6.45, 7) is 3.43. The average molecular weight is 475 g/mol. The molecule has 0 atom stereocenters. The fraction of sp³-hybridized carbons (Fsp3) is 0.261. The number of thiazole rings is 1. The first-order chi connectivity index (χ1) is 15.8. The Morgan fingerprint density at radius 1 is 1.00 bits per heavy atom. The van der Waals surface area contributed by atoms with Gasteiger partial charge >= 0.3 is 6.18 Å². The smallest absolute Gasteiger partial charge is 0.335 e. The first kappa shape index (κ1) is 22.9. The number of carbonyl (C=O) groups is 2. The van der Waals surface area contributed by atoms with E-state index in [1.165, 1.54) is 17.7 Å². The first-order valence-corrected chi connectivity index (χ1v) is 11.2. The van der Waals surface area contributed by atoms with Crippen molar-refractivity contribution in [1.82, 2.24) is 14.8 Å². The summed E-state index contributed by atoms with van der Waals surface area (Å²) in [5.74, 6) is -0.950. The second kappa shape index (κ2) is 9.72. The molecule has 1 fully saturated rings. The molecule has 1 aromatic heterocycles. The lowest BCUT2D eigenvalue weighted by atomic mass is 10.1. The Kier molecular flexibility index (Phi) is 6.75. The average Bonchev–Trinajstić information content (AvgIpc) is 3.28. The number of benzene rings is 2. The van der Waals surface area contributed by atoms with Crippen molar-refractivity contribution in [2.24, 2.45) is 0 Å². The third-order valence-corrected chi connectivity index (χ3v) is 6.06. The zero-order valence-corrected chi connectivity index (χ0v) is 18.3. The molecule has 6 nitrogen and oxygen atoms in total. The molecule has 0 unspecified atom stereocenters. The van der Waals surface area contributed by atoms with Gasteiger partial charge in [0.25, 0.3) is 11.8 Å². The van der Waals surface area contributed by atoms with E-state index in [2.05, 4.69) is 27.3 Å². The van der Waals surface area contributed by atoms with Crippen LogP contribution in [0.2, 0.25) is 0 Å². The van der Waals surface area contributed by atoms with Gasteiger partial charge in [0.05, 0.1) is 5.56 Å². The highest BCUT2D eigenvalue weighted by Gasteiger charge is 2.31. The number of hydrogen-bond donors (Lipinski definition) is 1. The third kappa shape index (κ3) is 5.77. The number of anilines is 1. The number of nitrogens with one attached hydrogen (secondary N) is 1. The zero-order valence-electron chi connectivity index (χ0n) is 17.5. The second-order valence-electron chi connectivity index (χ2n) is 7.62. The van der Waals surface area contributed by atoms with Crippen molar-refractivity contribution in [2.75, 3.05) is 31.5 Å². The van der Waals surface area contributed by atoms with Gasteiger partial charge in [-0.05, 0) is 23.8 Å². The molecular weight excluding hydrogens is 453 g/mol. The maximum absolute atomic E-state index is 12.9. The standard InChI is InChI=1S/C23H21F3N4O2S/c24-23(25,26)18-8-4-7-17(13-18)20(31)28-22-27-19(15-33-22)21(32)30-11-9-29(10-12-30)14-16-5-2-1-3-6-16/h1-8,13,15H,9-12,14H2,(H,27,28,31). The molecular formula is C23H21F3N4O2S. The van der Waals surface area contributed by atoms with Crippen molar-refractivity contribution in [2.45, 2.75) is 12.7 Å². The van der Waals surface area contributed by atoms with E-state index < -0.39 is 17.6 Å². The van der Waals surface area contributed by atoms with Gasteiger partial charge in [-0.1, -0.05) is 36.4 Å². The fourth-order valence-electron chi connectivity index (χ4n) is 3.55. The Balaban J connectivity index is 1.33. The molecule has 4 rings (SSSR count). The van der Waals surface area contributed by atoms with E-state index in [9.17, 15) is 22.8 Å². The molecule has 0 spiro atoms. The van der Waals surface area contributed by atoms with Crippen LogP contribution in [0.5, 0.6) is 0 Å². The molecule has 0 bridgehead atoms. The molecule has 172 valence electrons. The Morgan fingerprint density at radius 3 is 2.42 bits per heavy atom. The van der Waals surface area contributed by atoms with E-state index in [1.54, 1.807) is 10.3 Å². The molecule has 33 heavy (non-hydrogen) atoms. The number of aromatic nitrogens is 1. The molecule has 2 aromatic carbocycles. The molecule has 0 radical (unpaired) electrons. The molecule has 1 saturated heterocycles. The van der Waals surface area contributed by atoms with E-state index in [0.717, 1.165) is 43.1 Å². The fourth-order valence-corrected chi connectivity index (χ4v) is 4.23. The Labute approximate surface area is 192 Å². The molecule has 0 aliphatic carbocycles. The Hall–Kier alpha value is -3.24. The highest BCUT2D eigenvalue weighted by atomic mass is 32.1. The summed E-state index contributed by atoms with van der Waals surface area (Å²) in [7, 11) is 0. The van der Waals surface area contributed by atoms with Crippen LogP contribution in [0, 0.1) is 0 Å². The minimum Gasteiger partial charge on any atom is -0.335 e. The molecule has 10 heteroatoms. The minimum absolute atomic E-state index is 0.137. The SMILES string of the molecule is O=C(Nc1nc(C(=O)N2CCN(Cc3ccccc3)CC2)cs1)c1cccc(C(F)(F)F)c1. The first-order valence-electron chi connectivity index (χ1n) is 10.3. The van der Waals surface area contributed by atoms with E-state index in [-0.39, 0.29) is 22.3 Å². The quantitative estimate of drug-likeness (QED) is 0.597. The molecule has 2 heterocycles. The minimum atomic E-state index is -4.54. The van der Waals surface area contributed by atoms with Crippen LogP contribution in [0.4, 0.5) is 18.3 Å². The highest BCUT2D eigenvalue weighted by Crippen LogP contribution is 2.29. The van der Waals surface area contributed by atoms with Crippen LogP contribution in [0.25, 0.3) is 0 Å². The maximum Gasteiger partial charge on any atom is 0.416 e. The van der Waals surface area contributed by atoms with Gasteiger partial charge in [-0.3, -0.25) is 19.8 Å². The lowest BCUT2D eigenvalue weighted by Gasteiger charge is -2.34. The van der Waals surface area contributed by atoms with Gasteiger partial charge in [0.15, 0.2) is 5.13 Å². The summed E-state index contributed by atoms with van der Waals surface area (Å²) in [6, 6.07) is 14.3. The van der Waals surface area contributed by atoms with Crippen molar-refractivity contribution < 1.29 is 22.8 Å². The van der Waals surface area contributed by atoms with Crippen molar-refractivity contribution in [3.63, 3.8) is 0 Å². The monoisotopic (exact) mass is 474 g/mol. The topological polar surface area (TPSA) is 65.5 Å². The zero-order chi connectivity index (χ0) is 23.4. The molecule has 1 aliphatic rings. The van der Waals surface area contributed by atoms with Crippen LogP contribution in [-0.4, -0.2) is 52.8 Å². The van der Waals surface area contributed by atoms with Crippen LogP contribution in [-0.2, 0) is 12.7 Å². The van der Waals surface area contributed by atoms with E-state index in [0.29, 0.717) is 13.1 Å². The van der Waals surface area contributed by atoms with Crippen LogP contribution < -0.4 is 5.32 Å². The van der Waals surface area contributed by atoms with Crippen LogP contribution in [0.15, 0.2) is 60.0 Å². The van der Waals surface area contributed by atoms with Crippen molar-refractivity contribution in [1.29, 1.82) is 0 Å². The molecule has 0 saturated carbocycles. The summed E-state index contributed by atoms with van der Waals surface area (Å²) in [5.41, 5.74) is 0.382. The lowest BCUT2D eigenvalue weighted by molar-refractivity contribution is -0.137. The van der Waals surface area contributed by atoms with Gasteiger partial charge in [-0.25, -0.2) is 4.98 Å². The normalized spacial score (nSPS) is 14.8. The Morgan fingerprint density at radius 2 is 1.73 bits per heavy atom. The third-order valence-electron chi connectivity index (χ3n) is 5.30. The van der Waals surface area contributed by atoms with Gasteiger partial charge in [0, 0.05) is 43.7 Å². The van der Waals surface area contributed by atoms with Crippen molar-refractivity contribution in [3.8, 4) is 0 Å². The van der Waals surface area contributed by atoms with Gasteiger partial charge < -0.3 is 4.90 Å². The van der Waals surface area contributed by atoms with Crippen LogP contribution >= 0.6 is 11.3 Å². The second-order valence-corrected chi connectivity index (χ2v) is 8.48. The predicted molar refractivity (Wildman–Crippen MR) is 119 cm³/mol. The van der Waals surface area contributed by atoms with Crippen LogP contribution in [0.1, 0.15) is 32.0 Å². The Bertz CT molecular complexity index is 1130. The van der Waals surface area contributed by atoms with Crippen molar-refractivity contribution in [3.05, 3.63) is 82.4 Å². The summed E-state index contributed by atoms with van der Waals surface area (Å²) < 4.78 is 38.6. The molecule has 2 amide bonds. The number of halogens is 3. The number of nitrogens with zero attached hydrogens (tertiary/aromatic N) is 3. The highest BCUT2D eigenvalue weighted by molar-refractivity contribution is 7.14. The van der Waals surface area contributed by atoms with Crippen molar-refractivity contribution >= 4 is 28.3 Å². The number of carbonyl (C=O) groups excluding carboxylic acids is 2.